The highest BCUT2D eigenvalue weighted by molar-refractivity contribution is 6.35. The molecule has 2 aromatic rings. The maximum absolute atomic E-state index is 11.3. The van der Waals surface area contributed by atoms with Gasteiger partial charge in [-0.05, 0) is 72.3 Å². The zero-order valence-corrected chi connectivity index (χ0v) is 15.5. The third-order valence-electron chi connectivity index (χ3n) is 6.58. The maximum atomic E-state index is 11.3. The van der Waals surface area contributed by atoms with E-state index in [9.17, 15) is 10.1 Å². The lowest BCUT2D eigenvalue weighted by atomic mass is 9.68. The monoisotopic (exact) mass is 388 g/mol. The van der Waals surface area contributed by atoms with Gasteiger partial charge in [-0.25, -0.2) is 0 Å². The molecule has 0 radical (unpaired) electrons. The van der Waals surface area contributed by atoms with Crippen LogP contribution in [0.25, 0.3) is 0 Å². The highest BCUT2D eigenvalue weighted by atomic mass is 35.5. The van der Waals surface area contributed by atoms with E-state index in [2.05, 4.69) is 5.32 Å². The van der Waals surface area contributed by atoms with Crippen molar-refractivity contribution in [2.24, 2.45) is 17.8 Å². The van der Waals surface area contributed by atoms with E-state index in [-0.39, 0.29) is 16.7 Å². The molecule has 1 aliphatic heterocycles. The largest absolute Gasteiger partial charge is 0.378 e. The molecule has 0 spiro atoms. The molecule has 0 saturated heterocycles. The highest BCUT2D eigenvalue weighted by Gasteiger charge is 2.54. The molecule has 1 heterocycles. The van der Waals surface area contributed by atoms with Gasteiger partial charge in [0.25, 0.3) is 5.69 Å². The third-order valence-corrected chi connectivity index (χ3v) is 7.14. The SMILES string of the molecule is O=[N+]([O-])c1ccc2c(c1)[C@@H]1[C@@H]3CC[C@@H](C3)[C@@H]1[C@@H](c1ccc(Cl)cc1Cl)N2. The summed E-state index contributed by atoms with van der Waals surface area (Å²) in [5, 5.41) is 16.2. The number of anilines is 1. The number of halogens is 2. The minimum Gasteiger partial charge on any atom is -0.378 e. The van der Waals surface area contributed by atoms with E-state index in [0.717, 1.165) is 16.8 Å². The summed E-state index contributed by atoms with van der Waals surface area (Å²) in [6, 6.07) is 11.0. The molecule has 0 aromatic heterocycles. The summed E-state index contributed by atoms with van der Waals surface area (Å²) in [5.74, 6) is 2.03. The van der Waals surface area contributed by atoms with Crippen LogP contribution in [0.5, 0.6) is 0 Å². The zero-order chi connectivity index (χ0) is 18.0. The molecule has 5 rings (SSSR count). The van der Waals surface area contributed by atoms with E-state index in [1.54, 1.807) is 18.2 Å². The van der Waals surface area contributed by atoms with Gasteiger partial charge in [-0.15, -0.1) is 0 Å². The first-order valence-corrected chi connectivity index (χ1v) is 9.78. The molecular formula is C20H18Cl2N2O2. The van der Waals surface area contributed by atoms with Crippen LogP contribution in [-0.4, -0.2) is 4.92 Å². The standard InChI is InChI=1S/C20H18Cl2N2O2/c21-12-3-5-14(16(22)8-12)20-19-11-2-1-10(7-11)18(19)15-9-13(24(25)26)4-6-17(15)23-20/h3-6,8-11,18-20,23H,1-2,7H2/t10-,11+,18+,19+,20-/m1/s1. The number of rotatable bonds is 2. The van der Waals surface area contributed by atoms with E-state index in [1.807, 2.05) is 18.2 Å². The van der Waals surface area contributed by atoms with Gasteiger partial charge in [-0.3, -0.25) is 10.1 Å². The number of nitrogens with one attached hydrogen (secondary N) is 1. The summed E-state index contributed by atoms with van der Waals surface area (Å²) in [4.78, 5) is 11.0. The Labute approximate surface area is 161 Å². The summed E-state index contributed by atoms with van der Waals surface area (Å²) in [7, 11) is 0. The Balaban J connectivity index is 1.64. The van der Waals surface area contributed by atoms with E-state index < -0.39 is 0 Å². The average Bonchev–Trinajstić information content (AvgIpc) is 3.23. The van der Waals surface area contributed by atoms with Crippen molar-refractivity contribution in [1.82, 2.24) is 0 Å². The Kier molecular flexibility index (Phi) is 3.70. The van der Waals surface area contributed by atoms with Crippen molar-refractivity contribution in [3.63, 3.8) is 0 Å². The molecule has 4 nitrogen and oxygen atoms in total. The number of benzene rings is 2. The Hall–Kier alpha value is -1.78. The summed E-state index contributed by atoms with van der Waals surface area (Å²) in [6.07, 6.45) is 3.66. The van der Waals surface area contributed by atoms with Crippen molar-refractivity contribution in [3.05, 3.63) is 67.7 Å². The van der Waals surface area contributed by atoms with Gasteiger partial charge in [0.2, 0.25) is 0 Å². The molecule has 5 atom stereocenters. The van der Waals surface area contributed by atoms with Gasteiger partial charge in [0, 0.05) is 27.9 Å². The molecule has 2 aromatic carbocycles. The lowest BCUT2D eigenvalue weighted by Crippen LogP contribution is -2.35. The number of fused-ring (bicyclic) bond motifs is 7. The normalized spacial score (nSPS) is 31.2. The molecule has 134 valence electrons. The summed E-state index contributed by atoms with van der Waals surface area (Å²) >= 11 is 12.6. The Morgan fingerprint density at radius 1 is 1.04 bits per heavy atom. The van der Waals surface area contributed by atoms with Crippen LogP contribution in [0.3, 0.4) is 0 Å². The van der Waals surface area contributed by atoms with E-state index in [0.29, 0.717) is 33.7 Å². The smallest absolute Gasteiger partial charge is 0.269 e. The Morgan fingerprint density at radius 3 is 2.62 bits per heavy atom. The van der Waals surface area contributed by atoms with Crippen LogP contribution in [-0.2, 0) is 0 Å². The maximum Gasteiger partial charge on any atom is 0.269 e. The number of hydrogen-bond acceptors (Lipinski definition) is 3. The second-order valence-electron chi connectivity index (χ2n) is 7.75. The molecule has 0 amide bonds. The number of hydrogen-bond donors (Lipinski definition) is 1. The first kappa shape index (κ1) is 16.4. The molecule has 3 aliphatic rings. The predicted molar refractivity (Wildman–Crippen MR) is 103 cm³/mol. The summed E-state index contributed by atoms with van der Waals surface area (Å²) in [6.45, 7) is 0. The fourth-order valence-electron chi connectivity index (χ4n) is 5.65. The van der Waals surface area contributed by atoms with Gasteiger partial charge in [0.15, 0.2) is 0 Å². The lowest BCUT2D eigenvalue weighted by Gasteiger charge is -2.43. The molecule has 2 saturated carbocycles. The van der Waals surface area contributed by atoms with E-state index >= 15 is 0 Å². The number of nitro groups is 1. The van der Waals surface area contributed by atoms with Crippen LogP contribution < -0.4 is 5.32 Å². The van der Waals surface area contributed by atoms with Gasteiger partial charge in [-0.2, -0.15) is 0 Å². The lowest BCUT2D eigenvalue weighted by molar-refractivity contribution is -0.384. The first-order chi connectivity index (χ1) is 12.5. The molecule has 1 N–H and O–H groups in total. The average molecular weight is 389 g/mol. The van der Waals surface area contributed by atoms with Crippen LogP contribution in [0.1, 0.15) is 42.3 Å². The minimum atomic E-state index is -0.301. The number of nitro benzene ring substituents is 1. The first-order valence-electron chi connectivity index (χ1n) is 9.03. The topological polar surface area (TPSA) is 55.2 Å². The quantitative estimate of drug-likeness (QED) is 0.492. The van der Waals surface area contributed by atoms with Gasteiger partial charge >= 0.3 is 0 Å². The second kappa shape index (κ2) is 5.86. The summed E-state index contributed by atoms with van der Waals surface area (Å²) in [5.41, 5.74) is 3.36. The summed E-state index contributed by atoms with van der Waals surface area (Å²) < 4.78 is 0. The number of non-ortho nitro benzene ring substituents is 1. The zero-order valence-electron chi connectivity index (χ0n) is 14.0. The van der Waals surface area contributed by atoms with Crippen LogP contribution in [0.2, 0.25) is 10.0 Å². The van der Waals surface area contributed by atoms with E-state index in [4.69, 9.17) is 23.2 Å². The van der Waals surface area contributed by atoms with Crippen molar-refractivity contribution < 1.29 is 4.92 Å². The van der Waals surface area contributed by atoms with E-state index in [1.165, 1.54) is 19.3 Å². The van der Waals surface area contributed by atoms with Gasteiger partial charge in [-0.1, -0.05) is 29.3 Å². The van der Waals surface area contributed by atoms with Crippen molar-refractivity contribution in [2.75, 3.05) is 5.32 Å². The van der Waals surface area contributed by atoms with Gasteiger partial charge < -0.3 is 5.32 Å². The van der Waals surface area contributed by atoms with Crippen LogP contribution in [0.15, 0.2) is 36.4 Å². The van der Waals surface area contributed by atoms with Crippen molar-refractivity contribution in [2.45, 2.75) is 31.2 Å². The molecule has 2 bridgehead atoms. The molecule has 2 aliphatic carbocycles. The fourth-order valence-corrected chi connectivity index (χ4v) is 6.18. The Bertz CT molecular complexity index is 917. The third kappa shape index (κ3) is 2.35. The number of nitrogens with zero attached hydrogens (tertiary/aromatic N) is 1. The molecular weight excluding hydrogens is 371 g/mol. The molecule has 6 heteroatoms. The van der Waals surface area contributed by atoms with Crippen molar-refractivity contribution >= 4 is 34.6 Å². The van der Waals surface area contributed by atoms with Crippen LogP contribution in [0, 0.1) is 27.9 Å². The van der Waals surface area contributed by atoms with Crippen LogP contribution in [0.4, 0.5) is 11.4 Å². The second-order valence-corrected chi connectivity index (χ2v) is 8.60. The van der Waals surface area contributed by atoms with Gasteiger partial charge in [0.1, 0.15) is 0 Å². The molecule has 2 fully saturated rings. The molecule has 0 unspecified atom stereocenters. The minimum absolute atomic E-state index is 0.119. The highest BCUT2D eigenvalue weighted by Crippen LogP contribution is 2.64. The van der Waals surface area contributed by atoms with Crippen molar-refractivity contribution in [1.29, 1.82) is 0 Å². The Morgan fingerprint density at radius 2 is 1.85 bits per heavy atom. The fraction of sp³-hybridized carbons (Fsp3) is 0.400. The molecule has 26 heavy (non-hydrogen) atoms. The van der Waals surface area contributed by atoms with Crippen LogP contribution >= 0.6 is 23.2 Å². The van der Waals surface area contributed by atoms with Crippen molar-refractivity contribution in [3.8, 4) is 0 Å². The van der Waals surface area contributed by atoms with Gasteiger partial charge in [0.05, 0.1) is 11.0 Å². The predicted octanol–water partition coefficient (Wildman–Crippen LogP) is 6.20.